The number of carbonyl (C=O) groups excluding carboxylic acids is 2. The highest BCUT2D eigenvalue weighted by atomic mass is 32.1. The number of aromatic nitrogens is 2. The smallest absolute Gasteiger partial charge is 0.193 e. The van der Waals surface area contributed by atoms with E-state index in [0.29, 0.717) is 17.5 Å². The maximum absolute atomic E-state index is 13.6. The van der Waals surface area contributed by atoms with Crippen LogP contribution in [0.4, 0.5) is 28.4 Å². The minimum atomic E-state index is -0.219. The molecule has 0 fully saturated rings. The minimum absolute atomic E-state index is 0.00167. The van der Waals surface area contributed by atoms with E-state index in [2.05, 4.69) is 191 Å². The van der Waals surface area contributed by atoms with E-state index in [1.807, 2.05) is 72.8 Å². The van der Waals surface area contributed by atoms with E-state index >= 15 is 0 Å². The zero-order chi connectivity index (χ0) is 49.3. The van der Waals surface area contributed by atoms with Gasteiger partial charge in [-0.2, -0.15) is 8.75 Å². The number of rotatable bonds is 12. The van der Waals surface area contributed by atoms with Gasteiger partial charge < -0.3 is 9.80 Å². The molecule has 1 aliphatic carbocycles. The Morgan fingerprint density at radius 3 is 1.30 bits per heavy atom. The first-order valence-electron chi connectivity index (χ1n) is 24.3. The number of hydrogen-bond acceptors (Lipinski definition) is 7. The number of anilines is 5. The van der Waals surface area contributed by atoms with E-state index in [4.69, 9.17) is 8.75 Å². The van der Waals surface area contributed by atoms with Gasteiger partial charge in [0, 0.05) is 67.9 Å². The van der Waals surface area contributed by atoms with Crippen LogP contribution in [0.1, 0.15) is 85.4 Å². The quantitative estimate of drug-likeness (QED) is 0.114. The molecule has 0 saturated heterocycles. The van der Waals surface area contributed by atoms with Crippen LogP contribution in [-0.2, 0) is 10.8 Å². The van der Waals surface area contributed by atoms with Crippen molar-refractivity contribution in [1.29, 1.82) is 0 Å². The first-order chi connectivity index (χ1) is 34.3. The van der Waals surface area contributed by atoms with Crippen LogP contribution in [0.5, 0.6) is 0 Å². The lowest BCUT2D eigenvalue weighted by atomic mass is 9.85. The van der Waals surface area contributed by atoms with Crippen LogP contribution in [-0.4, -0.2) is 20.3 Å². The summed E-state index contributed by atoms with van der Waals surface area (Å²) in [7, 11) is 0. The highest BCUT2D eigenvalue weighted by molar-refractivity contribution is 7.00. The molecule has 71 heavy (non-hydrogen) atoms. The highest BCUT2D eigenvalue weighted by Crippen LogP contribution is 2.40. The van der Waals surface area contributed by atoms with Gasteiger partial charge in [0.15, 0.2) is 11.6 Å². The molecule has 1 aromatic heterocycles. The van der Waals surface area contributed by atoms with Gasteiger partial charge in [0.2, 0.25) is 0 Å². The maximum Gasteiger partial charge on any atom is 0.193 e. The predicted molar refractivity (Wildman–Crippen MR) is 295 cm³/mol. The van der Waals surface area contributed by atoms with E-state index in [-0.39, 0.29) is 28.3 Å². The van der Waals surface area contributed by atoms with Crippen LogP contribution >= 0.6 is 11.7 Å². The van der Waals surface area contributed by atoms with Crippen molar-refractivity contribution in [2.45, 2.75) is 58.8 Å². The van der Waals surface area contributed by atoms with Gasteiger partial charge in [0.05, 0.1) is 11.7 Å². The Bertz CT molecular complexity index is 3400. The number of carbonyl (C=O) groups is 2. The third-order valence-electron chi connectivity index (χ3n) is 13.4. The summed E-state index contributed by atoms with van der Waals surface area (Å²) >= 11 is 1.22. The number of ketones is 2. The van der Waals surface area contributed by atoms with Crippen LogP contribution in [0.3, 0.4) is 0 Å². The summed E-state index contributed by atoms with van der Waals surface area (Å²) in [4.78, 5) is 31.6. The number of fused-ring (bicyclic) bond motifs is 1. The summed E-state index contributed by atoms with van der Waals surface area (Å²) in [6.07, 6.45) is 6.93. The Morgan fingerprint density at radius 1 is 0.465 bits per heavy atom. The number of nitrogens with zero attached hydrogens (tertiary/aromatic N) is 4. The summed E-state index contributed by atoms with van der Waals surface area (Å²) in [5.74, 6) is -0.0780. The van der Waals surface area contributed by atoms with Crippen molar-refractivity contribution in [2.24, 2.45) is 5.92 Å². The molecule has 0 radical (unpaired) electrons. The van der Waals surface area contributed by atoms with Gasteiger partial charge >= 0.3 is 0 Å². The zero-order valence-corrected chi connectivity index (χ0v) is 41.8. The molecule has 1 unspecified atom stereocenters. The van der Waals surface area contributed by atoms with Crippen LogP contribution in [0.15, 0.2) is 218 Å². The van der Waals surface area contributed by atoms with Crippen LogP contribution in [0.25, 0.3) is 33.3 Å². The van der Waals surface area contributed by atoms with Crippen molar-refractivity contribution in [1.82, 2.24) is 8.75 Å². The third-order valence-corrected chi connectivity index (χ3v) is 14.0. The van der Waals surface area contributed by atoms with Crippen molar-refractivity contribution >= 4 is 62.8 Å². The zero-order valence-electron chi connectivity index (χ0n) is 41.0. The van der Waals surface area contributed by atoms with Gasteiger partial charge in [-0.1, -0.05) is 175 Å². The van der Waals surface area contributed by atoms with Crippen LogP contribution < -0.4 is 9.80 Å². The van der Waals surface area contributed by atoms with Crippen molar-refractivity contribution in [2.75, 3.05) is 9.80 Å². The van der Waals surface area contributed by atoms with E-state index in [9.17, 15) is 9.59 Å². The summed E-state index contributed by atoms with van der Waals surface area (Å²) < 4.78 is 9.67. The molecule has 0 N–H and O–H groups in total. The molecular formula is C64H56N4O2S. The van der Waals surface area contributed by atoms with E-state index in [1.165, 1.54) is 22.9 Å². The summed E-state index contributed by atoms with van der Waals surface area (Å²) in [6.45, 7) is 13.1. The fourth-order valence-electron chi connectivity index (χ4n) is 9.33. The Hall–Kier alpha value is -8.00. The lowest BCUT2D eigenvalue weighted by Crippen LogP contribution is -2.20. The maximum atomic E-state index is 13.6. The molecule has 6 nitrogen and oxygen atoms in total. The minimum Gasteiger partial charge on any atom is -0.311 e. The Kier molecular flexibility index (Phi) is 12.8. The topological polar surface area (TPSA) is 66.4 Å². The molecule has 0 bridgehead atoms. The van der Waals surface area contributed by atoms with Crippen LogP contribution in [0, 0.1) is 5.92 Å². The fraction of sp³-hybridized carbons (Fsp3) is 0.156. The second-order valence-electron chi connectivity index (χ2n) is 20.3. The molecule has 8 aromatic carbocycles. The van der Waals surface area contributed by atoms with E-state index in [0.717, 1.165) is 73.0 Å². The van der Waals surface area contributed by atoms with Gasteiger partial charge in [-0.25, -0.2) is 0 Å². The van der Waals surface area contributed by atoms with E-state index < -0.39 is 0 Å². The molecule has 1 atom stereocenters. The SMILES string of the molecule is CC(C)(C)c1ccc(C(=O)c2ccc(N(c3ccccc3)c3ccc(-c4ccc(-c5ccc(N(C6=CCC(C(=O)c7ccc(C(C)(C)C)cc7)C=C6)c6ccccc6)cc5)c5nsnc45)cc3)cc2)cc1. The number of hydrogen-bond donors (Lipinski definition) is 0. The second-order valence-corrected chi connectivity index (χ2v) is 20.8. The van der Waals surface area contributed by atoms with Crippen molar-refractivity contribution < 1.29 is 9.59 Å². The molecule has 0 spiro atoms. The lowest BCUT2D eigenvalue weighted by Gasteiger charge is -2.29. The van der Waals surface area contributed by atoms with Crippen LogP contribution in [0.2, 0.25) is 0 Å². The molecule has 7 heteroatoms. The molecule has 0 saturated carbocycles. The molecule has 9 aromatic rings. The first kappa shape index (κ1) is 46.7. The lowest BCUT2D eigenvalue weighted by molar-refractivity contribution is 0.0944. The van der Waals surface area contributed by atoms with Crippen molar-refractivity contribution in [3.05, 3.63) is 246 Å². The molecule has 10 rings (SSSR count). The second kappa shape index (κ2) is 19.4. The van der Waals surface area contributed by atoms with Crippen molar-refractivity contribution in [3.63, 3.8) is 0 Å². The third kappa shape index (κ3) is 9.79. The molecule has 1 heterocycles. The Morgan fingerprint density at radius 2 is 0.859 bits per heavy atom. The van der Waals surface area contributed by atoms with Gasteiger partial charge in [0.25, 0.3) is 0 Å². The number of allylic oxidation sites excluding steroid dienone is 3. The predicted octanol–water partition coefficient (Wildman–Crippen LogP) is 16.8. The van der Waals surface area contributed by atoms with Crippen molar-refractivity contribution in [3.8, 4) is 22.3 Å². The monoisotopic (exact) mass is 944 g/mol. The molecule has 350 valence electrons. The van der Waals surface area contributed by atoms with Gasteiger partial charge in [-0.3, -0.25) is 9.59 Å². The Labute approximate surface area is 421 Å². The number of Topliss-reactive ketones (excluding diaryl/α,β-unsaturated/α-hetero) is 1. The average Bonchev–Trinajstić information content (AvgIpc) is 3.90. The van der Waals surface area contributed by atoms with Gasteiger partial charge in [-0.05, 0) is 118 Å². The summed E-state index contributed by atoms with van der Waals surface area (Å²) in [5, 5.41) is 0. The molecule has 0 amide bonds. The van der Waals surface area contributed by atoms with Gasteiger partial charge in [0.1, 0.15) is 11.0 Å². The van der Waals surface area contributed by atoms with E-state index in [1.54, 1.807) is 0 Å². The molecule has 1 aliphatic rings. The first-order valence-corrected chi connectivity index (χ1v) is 25.0. The number of benzene rings is 8. The molecule has 0 aliphatic heterocycles. The Balaban J connectivity index is 0.884. The highest BCUT2D eigenvalue weighted by Gasteiger charge is 2.24. The van der Waals surface area contributed by atoms with Gasteiger partial charge in [-0.15, -0.1) is 0 Å². The summed E-state index contributed by atoms with van der Waals surface area (Å²) in [5.41, 5.74) is 16.4. The largest absolute Gasteiger partial charge is 0.311 e. The number of para-hydroxylation sites is 2. The summed E-state index contributed by atoms with van der Waals surface area (Å²) in [6, 6.07) is 66.0. The fourth-order valence-corrected chi connectivity index (χ4v) is 9.90. The normalized spacial score (nSPS) is 13.7. The average molecular weight is 945 g/mol. The standard InChI is InChI=1S/C64H56N4O2S/c1-63(2,3)49-29-17-45(18-30-49)61(69)47-25-37-55(38-26-47)67(51-13-9-7-10-14-51)53-33-21-43(22-34-53)57-41-42-58(60-59(57)65-71-66-60)44-23-35-54(36-24-44)68(52-15-11-8-12-16-52)56-39-27-48(28-40-56)62(70)46-19-31-50(32-20-46)64(4,5)6/h7-27,29-42,48H,28H2,1-6H3. The molecular weight excluding hydrogens is 889 g/mol.